The summed E-state index contributed by atoms with van der Waals surface area (Å²) < 4.78 is 25.7. The molecule has 0 atom stereocenters. The van der Waals surface area contributed by atoms with Crippen LogP contribution >= 0.6 is 22.6 Å². The number of nitrogens with one attached hydrogen (secondary N) is 1. The van der Waals surface area contributed by atoms with Crippen LogP contribution in [0.4, 0.5) is 4.39 Å². The fourth-order valence-electron chi connectivity index (χ4n) is 2.51. The quantitative estimate of drug-likeness (QED) is 0.315. The largest absolute Gasteiger partial charge is 0.490 e. The molecule has 7 heteroatoms. The van der Waals surface area contributed by atoms with Crippen LogP contribution in [0, 0.1) is 20.7 Å². The van der Waals surface area contributed by atoms with E-state index < -0.39 is 5.91 Å². The number of nitrogens with zero attached hydrogens (tertiary/aromatic N) is 1. The number of ether oxygens (including phenoxy) is 2. The zero-order valence-corrected chi connectivity index (χ0v) is 18.6. The Labute approximate surface area is 183 Å². The lowest BCUT2D eigenvalue weighted by Crippen LogP contribution is -2.30. The number of rotatable bonds is 8. The van der Waals surface area contributed by atoms with Crippen LogP contribution in [0.5, 0.6) is 11.5 Å². The van der Waals surface area contributed by atoms with Gasteiger partial charge in [0.1, 0.15) is 24.1 Å². The summed E-state index contributed by atoms with van der Waals surface area (Å²) in [6.07, 6.45) is 1.51. The summed E-state index contributed by atoms with van der Waals surface area (Å²) in [5.74, 6) is 0.263. The maximum Gasteiger partial charge on any atom is 0.262 e. The summed E-state index contributed by atoms with van der Waals surface area (Å²) in [4.78, 5) is 12.1. The van der Waals surface area contributed by atoms with Crippen LogP contribution in [0.3, 0.4) is 0 Å². The van der Waals surface area contributed by atoms with Gasteiger partial charge in [0.05, 0.1) is 10.2 Å². The molecule has 0 aliphatic rings. The van der Waals surface area contributed by atoms with Crippen molar-refractivity contribution < 1.29 is 18.7 Å². The topological polar surface area (TPSA) is 71.3 Å². The lowest BCUT2D eigenvalue weighted by atomic mass is 10.1. The second-order valence-corrected chi connectivity index (χ2v) is 7.64. The normalized spacial score (nSPS) is 11.1. The van der Waals surface area contributed by atoms with E-state index in [2.05, 4.69) is 27.9 Å². The predicted molar refractivity (Wildman–Crippen MR) is 118 cm³/mol. The van der Waals surface area contributed by atoms with Crippen molar-refractivity contribution in [3.8, 4) is 17.6 Å². The molecule has 2 rings (SSSR count). The van der Waals surface area contributed by atoms with Crippen molar-refractivity contribution in [1.82, 2.24) is 5.32 Å². The van der Waals surface area contributed by atoms with Gasteiger partial charge in [0.2, 0.25) is 0 Å². The van der Waals surface area contributed by atoms with E-state index in [0.717, 1.165) is 3.57 Å². The van der Waals surface area contributed by atoms with Crippen LogP contribution in [0.1, 0.15) is 31.9 Å². The summed E-state index contributed by atoms with van der Waals surface area (Å²) in [5.41, 5.74) is 1.35. The minimum absolute atomic E-state index is 0.00498. The minimum Gasteiger partial charge on any atom is -0.490 e. The van der Waals surface area contributed by atoms with Gasteiger partial charge in [0.25, 0.3) is 5.91 Å². The third-order valence-corrected chi connectivity index (χ3v) is 4.50. The molecule has 0 aliphatic heterocycles. The molecule has 0 aliphatic carbocycles. The number of benzene rings is 2. The zero-order chi connectivity index (χ0) is 21.4. The first kappa shape index (κ1) is 22.7. The van der Waals surface area contributed by atoms with Gasteiger partial charge in [0.15, 0.2) is 11.5 Å². The zero-order valence-electron chi connectivity index (χ0n) is 16.5. The Balaban J connectivity index is 2.32. The Morgan fingerprint density at radius 1 is 1.31 bits per heavy atom. The molecule has 0 saturated carbocycles. The monoisotopic (exact) mass is 508 g/mol. The number of hydrogen-bond donors (Lipinski definition) is 1. The second kappa shape index (κ2) is 10.8. The Bertz CT molecular complexity index is 952. The highest BCUT2D eigenvalue weighted by atomic mass is 127. The molecule has 1 N–H and O–H groups in total. The molecule has 0 fully saturated rings. The van der Waals surface area contributed by atoms with E-state index in [1.54, 1.807) is 24.3 Å². The third-order valence-electron chi connectivity index (χ3n) is 3.70. The van der Waals surface area contributed by atoms with Crippen LogP contribution in [0.2, 0.25) is 0 Å². The van der Waals surface area contributed by atoms with Crippen LogP contribution < -0.4 is 14.8 Å². The van der Waals surface area contributed by atoms with Gasteiger partial charge in [-0.2, -0.15) is 5.26 Å². The molecule has 2 aromatic carbocycles. The number of amides is 1. The highest BCUT2D eigenvalue weighted by Crippen LogP contribution is 2.35. The Morgan fingerprint density at radius 3 is 2.69 bits per heavy atom. The van der Waals surface area contributed by atoms with Gasteiger partial charge in [-0.05, 0) is 84.8 Å². The van der Waals surface area contributed by atoms with Gasteiger partial charge in [-0.15, -0.1) is 0 Å². The van der Waals surface area contributed by atoms with Gasteiger partial charge in [0, 0.05) is 6.04 Å². The van der Waals surface area contributed by atoms with Crippen LogP contribution in [0.25, 0.3) is 6.08 Å². The van der Waals surface area contributed by atoms with E-state index in [9.17, 15) is 14.4 Å². The highest BCUT2D eigenvalue weighted by Gasteiger charge is 2.15. The summed E-state index contributed by atoms with van der Waals surface area (Å²) in [7, 11) is 0. The Hall–Kier alpha value is -2.60. The van der Waals surface area contributed by atoms with E-state index in [1.165, 1.54) is 18.2 Å². The van der Waals surface area contributed by atoms with Gasteiger partial charge >= 0.3 is 0 Å². The first-order valence-electron chi connectivity index (χ1n) is 9.10. The van der Waals surface area contributed by atoms with E-state index in [1.807, 2.05) is 26.8 Å². The van der Waals surface area contributed by atoms with Crippen molar-refractivity contribution in [1.29, 1.82) is 5.26 Å². The van der Waals surface area contributed by atoms with Crippen molar-refractivity contribution in [2.24, 2.45) is 0 Å². The molecular formula is C22H22FIN2O3. The molecule has 29 heavy (non-hydrogen) atoms. The standard InChI is InChI=1S/C22H22FIN2O3/c1-4-28-20-11-16(8-17(12-25)22(27)26-14(2)3)10-19(24)21(20)29-13-15-6-5-7-18(23)9-15/h5-11,14H,4,13H2,1-3H3,(H,26,27)/b17-8-. The summed E-state index contributed by atoms with van der Waals surface area (Å²) >= 11 is 2.11. The number of halogens is 2. The third kappa shape index (κ3) is 6.75. The molecule has 2 aromatic rings. The minimum atomic E-state index is -0.429. The molecule has 152 valence electrons. The number of carbonyl (C=O) groups excluding carboxylic acids is 1. The lowest BCUT2D eigenvalue weighted by Gasteiger charge is -2.15. The van der Waals surface area contributed by atoms with Crippen molar-refractivity contribution in [3.63, 3.8) is 0 Å². The summed E-state index contributed by atoms with van der Waals surface area (Å²) in [6, 6.07) is 11.6. The summed E-state index contributed by atoms with van der Waals surface area (Å²) in [6.45, 7) is 6.10. The second-order valence-electron chi connectivity index (χ2n) is 6.48. The molecule has 1 amide bonds. The fourth-order valence-corrected chi connectivity index (χ4v) is 3.29. The van der Waals surface area contributed by atoms with Crippen molar-refractivity contribution in [2.75, 3.05) is 6.61 Å². The van der Waals surface area contributed by atoms with E-state index in [4.69, 9.17) is 9.47 Å². The van der Waals surface area contributed by atoms with Gasteiger partial charge in [-0.25, -0.2) is 4.39 Å². The van der Waals surface area contributed by atoms with Crippen LogP contribution in [-0.4, -0.2) is 18.6 Å². The molecule has 0 heterocycles. The number of carbonyl (C=O) groups is 1. The molecule has 0 aromatic heterocycles. The summed E-state index contributed by atoms with van der Waals surface area (Å²) in [5, 5.41) is 12.0. The van der Waals surface area contributed by atoms with Crippen LogP contribution in [0.15, 0.2) is 42.0 Å². The average molecular weight is 508 g/mol. The van der Waals surface area contributed by atoms with Crippen LogP contribution in [-0.2, 0) is 11.4 Å². The van der Waals surface area contributed by atoms with E-state index in [0.29, 0.717) is 29.2 Å². The SMILES string of the molecule is CCOc1cc(/C=C(/C#N)C(=O)NC(C)C)cc(I)c1OCc1cccc(F)c1. The van der Waals surface area contributed by atoms with Crippen molar-refractivity contribution in [3.05, 3.63) is 62.5 Å². The smallest absolute Gasteiger partial charge is 0.262 e. The fraction of sp³-hybridized carbons (Fsp3) is 0.273. The molecular weight excluding hydrogens is 486 g/mol. The van der Waals surface area contributed by atoms with E-state index in [-0.39, 0.29) is 24.0 Å². The molecule has 0 unspecified atom stereocenters. The van der Waals surface area contributed by atoms with Gasteiger partial charge in [-0.1, -0.05) is 12.1 Å². The Morgan fingerprint density at radius 2 is 2.07 bits per heavy atom. The maximum absolute atomic E-state index is 13.4. The molecule has 0 radical (unpaired) electrons. The highest BCUT2D eigenvalue weighted by molar-refractivity contribution is 14.1. The molecule has 0 bridgehead atoms. The molecule has 5 nitrogen and oxygen atoms in total. The molecule has 0 spiro atoms. The number of hydrogen-bond acceptors (Lipinski definition) is 4. The van der Waals surface area contributed by atoms with Crippen molar-refractivity contribution >= 4 is 34.6 Å². The maximum atomic E-state index is 13.4. The average Bonchev–Trinajstić information content (AvgIpc) is 2.65. The van der Waals surface area contributed by atoms with E-state index >= 15 is 0 Å². The van der Waals surface area contributed by atoms with Crippen molar-refractivity contribution in [2.45, 2.75) is 33.4 Å². The number of nitriles is 1. The van der Waals surface area contributed by atoms with Gasteiger partial charge in [-0.3, -0.25) is 4.79 Å². The van der Waals surface area contributed by atoms with Gasteiger partial charge < -0.3 is 14.8 Å². The first-order chi connectivity index (χ1) is 13.8. The lowest BCUT2D eigenvalue weighted by molar-refractivity contribution is -0.117. The molecule has 0 saturated heterocycles. The predicted octanol–water partition coefficient (Wildman–Crippen LogP) is 4.84. The Kier molecular flexibility index (Phi) is 8.46. The first-order valence-corrected chi connectivity index (χ1v) is 10.2.